The molecule has 0 fully saturated rings. The van der Waals surface area contributed by atoms with E-state index in [0.29, 0.717) is 16.7 Å². The van der Waals surface area contributed by atoms with Crippen LogP contribution in [0, 0.1) is 13.8 Å². The first-order chi connectivity index (χ1) is 11.5. The van der Waals surface area contributed by atoms with Crippen LogP contribution in [0.4, 0.5) is 11.6 Å². The standard InChI is InChI=1S/C18H17ClN4S/c1-11-5-3-6-12(2)17(11)18-13(19)9-10-15(22-18)23-24-16-8-4-7-14(20)21-16/h3-10H,1-2H3,(H2,20,21)(H,22,23). The van der Waals surface area contributed by atoms with E-state index in [1.54, 1.807) is 6.07 Å². The zero-order valence-corrected chi connectivity index (χ0v) is 14.9. The molecule has 0 saturated carbocycles. The molecule has 0 unspecified atom stereocenters. The highest BCUT2D eigenvalue weighted by Gasteiger charge is 2.12. The highest BCUT2D eigenvalue weighted by atomic mass is 35.5. The van der Waals surface area contributed by atoms with Gasteiger partial charge in [-0.25, -0.2) is 9.97 Å². The van der Waals surface area contributed by atoms with Gasteiger partial charge in [-0.3, -0.25) is 0 Å². The van der Waals surface area contributed by atoms with E-state index in [-0.39, 0.29) is 0 Å². The summed E-state index contributed by atoms with van der Waals surface area (Å²) < 4.78 is 3.19. The maximum absolute atomic E-state index is 6.39. The Morgan fingerprint density at radius 3 is 2.38 bits per heavy atom. The maximum Gasteiger partial charge on any atom is 0.136 e. The molecule has 0 radical (unpaired) electrons. The number of benzene rings is 1. The summed E-state index contributed by atoms with van der Waals surface area (Å²) in [5.41, 5.74) is 9.83. The van der Waals surface area contributed by atoms with Gasteiger partial charge < -0.3 is 10.5 Å². The number of hydrogen-bond acceptors (Lipinski definition) is 5. The second-order valence-corrected chi connectivity index (χ2v) is 6.63. The quantitative estimate of drug-likeness (QED) is 0.635. The Hall–Kier alpha value is -2.24. The number of halogens is 1. The Kier molecular flexibility index (Phi) is 4.92. The lowest BCUT2D eigenvalue weighted by Gasteiger charge is -2.12. The number of anilines is 2. The molecule has 24 heavy (non-hydrogen) atoms. The van der Waals surface area contributed by atoms with Crippen molar-refractivity contribution in [3.63, 3.8) is 0 Å². The molecule has 122 valence electrons. The average molecular weight is 357 g/mol. The van der Waals surface area contributed by atoms with Gasteiger partial charge in [0, 0.05) is 17.5 Å². The summed E-state index contributed by atoms with van der Waals surface area (Å²) in [5.74, 6) is 1.20. The molecule has 0 atom stereocenters. The van der Waals surface area contributed by atoms with Crippen LogP contribution >= 0.6 is 23.5 Å². The molecular formula is C18H17ClN4S. The van der Waals surface area contributed by atoms with Gasteiger partial charge >= 0.3 is 0 Å². The minimum atomic E-state index is 0.488. The molecule has 3 rings (SSSR count). The van der Waals surface area contributed by atoms with Crippen LogP contribution in [0.3, 0.4) is 0 Å². The Balaban J connectivity index is 1.89. The SMILES string of the molecule is Cc1cccc(C)c1-c1nc(NSc2cccc(N)n2)ccc1Cl. The molecule has 3 aromatic rings. The maximum atomic E-state index is 6.39. The zero-order chi connectivity index (χ0) is 17.1. The van der Waals surface area contributed by atoms with Gasteiger partial charge in [-0.15, -0.1) is 0 Å². The molecular weight excluding hydrogens is 340 g/mol. The van der Waals surface area contributed by atoms with Gasteiger partial charge in [0.15, 0.2) is 0 Å². The second kappa shape index (κ2) is 7.11. The van der Waals surface area contributed by atoms with E-state index in [0.717, 1.165) is 27.4 Å². The molecule has 3 N–H and O–H groups in total. The van der Waals surface area contributed by atoms with Crippen LogP contribution in [-0.4, -0.2) is 9.97 Å². The van der Waals surface area contributed by atoms with Gasteiger partial charge in [0.1, 0.15) is 16.7 Å². The predicted molar refractivity (Wildman–Crippen MR) is 102 cm³/mol. The first kappa shape index (κ1) is 16.6. The van der Waals surface area contributed by atoms with Gasteiger partial charge in [0.05, 0.1) is 10.7 Å². The number of nitrogens with one attached hydrogen (secondary N) is 1. The minimum Gasteiger partial charge on any atom is -0.384 e. The van der Waals surface area contributed by atoms with Crippen molar-refractivity contribution < 1.29 is 0 Å². The third-order valence-corrected chi connectivity index (χ3v) is 4.62. The molecule has 6 heteroatoms. The fourth-order valence-corrected chi connectivity index (χ4v) is 3.27. The van der Waals surface area contributed by atoms with Crippen LogP contribution in [0.1, 0.15) is 11.1 Å². The molecule has 2 heterocycles. The van der Waals surface area contributed by atoms with E-state index < -0.39 is 0 Å². The van der Waals surface area contributed by atoms with Crippen molar-refractivity contribution in [2.24, 2.45) is 0 Å². The number of pyridine rings is 2. The summed E-state index contributed by atoms with van der Waals surface area (Å²) in [5, 5.41) is 1.41. The number of aryl methyl sites for hydroxylation is 2. The summed E-state index contributed by atoms with van der Waals surface area (Å²) in [7, 11) is 0. The van der Waals surface area contributed by atoms with Crippen molar-refractivity contribution in [3.05, 3.63) is 64.7 Å². The Bertz CT molecular complexity index is 862. The molecule has 0 aliphatic rings. The van der Waals surface area contributed by atoms with Crippen LogP contribution in [-0.2, 0) is 0 Å². The molecule has 0 amide bonds. The topological polar surface area (TPSA) is 63.8 Å². The van der Waals surface area contributed by atoms with Crippen LogP contribution in [0.2, 0.25) is 5.02 Å². The van der Waals surface area contributed by atoms with Crippen LogP contribution in [0.5, 0.6) is 0 Å². The van der Waals surface area contributed by atoms with E-state index >= 15 is 0 Å². The van der Waals surface area contributed by atoms with Gasteiger partial charge in [-0.2, -0.15) is 0 Å². The van der Waals surface area contributed by atoms with Crippen molar-refractivity contribution in [1.29, 1.82) is 0 Å². The van der Waals surface area contributed by atoms with E-state index in [1.165, 1.54) is 11.9 Å². The molecule has 4 nitrogen and oxygen atoms in total. The summed E-state index contributed by atoms with van der Waals surface area (Å²) in [6, 6.07) is 15.4. The monoisotopic (exact) mass is 356 g/mol. The minimum absolute atomic E-state index is 0.488. The molecule has 0 bridgehead atoms. The van der Waals surface area contributed by atoms with Gasteiger partial charge in [-0.1, -0.05) is 35.9 Å². The summed E-state index contributed by atoms with van der Waals surface area (Å²) in [6.07, 6.45) is 0. The normalized spacial score (nSPS) is 10.6. The summed E-state index contributed by atoms with van der Waals surface area (Å²) >= 11 is 7.75. The van der Waals surface area contributed by atoms with Gasteiger partial charge in [-0.05, 0) is 49.2 Å². The van der Waals surface area contributed by atoms with Crippen molar-refractivity contribution >= 4 is 35.2 Å². The lowest BCUT2D eigenvalue weighted by Crippen LogP contribution is -1.97. The zero-order valence-electron chi connectivity index (χ0n) is 13.4. The number of aromatic nitrogens is 2. The number of hydrogen-bond donors (Lipinski definition) is 2. The Morgan fingerprint density at radius 2 is 1.67 bits per heavy atom. The van der Waals surface area contributed by atoms with Crippen LogP contribution in [0.15, 0.2) is 53.6 Å². The van der Waals surface area contributed by atoms with E-state index in [2.05, 4.69) is 40.7 Å². The van der Waals surface area contributed by atoms with Gasteiger partial charge in [0.2, 0.25) is 0 Å². The average Bonchev–Trinajstić information content (AvgIpc) is 2.55. The fourth-order valence-electron chi connectivity index (χ4n) is 2.45. The van der Waals surface area contributed by atoms with Crippen molar-refractivity contribution in [2.45, 2.75) is 18.9 Å². The van der Waals surface area contributed by atoms with Gasteiger partial charge in [0.25, 0.3) is 0 Å². The first-order valence-corrected chi connectivity index (χ1v) is 8.62. The summed E-state index contributed by atoms with van der Waals surface area (Å²) in [4.78, 5) is 8.92. The smallest absolute Gasteiger partial charge is 0.136 e. The van der Waals surface area contributed by atoms with Crippen molar-refractivity contribution in [2.75, 3.05) is 10.5 Å². The van der Waals surface area contributed by atoms with Crippen molar-refractivity contribution in [1.82, 2.24) is 9.97 Å². The van der Waals surface area contributed by atoms with E-state index in [4.69, 9.17) is 17.3 Å². The lowest BCUT2D eigenvalue weighted by molar-refractivity contribution is 1.15. The molecule has 0 aliphatic carbocycles. The Morgan fingerprint density at radius 1 is 0.958 bits per heavy atom. The molecule has 2 aromatic heterocycles. The largest absolute Gasteiger partial charge is 0.384 e. The number of nitrogen functional groups attached to an aromatic ring is 1. The molecule has 0 aliphatic heterocycles. The highest BCUT2D eigenvalue weighted by Crippen LogP contribution is 2.33. The van der Waals surface area contributed by atoms with E-state index in [9.17, 15) is 0 Å². The summed E-state index contributed by atoms with van der Waals surface area (Å²) in [6.45, 7) is 4.12. The third-order valence-electron chi connectivity index (χ3n) is 3.57. The van der Waals surface area contributed by atoms with Crippen molar-refractivity contribution in [3.8, 4) is 11.3 Å². The number of rotatable bonds is 4. The van der Waals surface area contributed by atoms with Crippen LogP contribution in [0.25, 0.3) is 11.3 Å². The molecule has 0 spiro atoms. The second-order valence-electron chi connectivity index (χ2n) is 5.40. The highest BCUT2D eigenvalue weighted by molar-refractivity contribution is 8.00. The molecule has 1 aromatic carbocycles. The van der Waals surface area contributed by atoms with E-state index in [1.807, 2.05) is 30.3 Å². The Labute approximate surface area is 150 Å². The van der Waals surface area contributed by atoms with Crippen LogP contribution < -0.4 is 10.5 Å². The fraction of sp³-hybridized carbons (Fsp3) is 0.111. The number of nitrogens with zero attached hydrogens (tertiary/aromatic N) is 2. The molecule has 0 saturated heterocycles. The predicted octanol–water partition coefficient (Wildman–Crippen LogP) is 5.12. The lowest BCUT2D eigenvalue weighted by atomic mass is 9.99. The third kappa shape index (κ3) is 3.63. The first-order valence-electron chi connectivity index (χ1n) is 7.43. The number of nitrogens with two attached hydrogens (primary N) is 1.